The molecule has 0 aliphatic carbocycles. The second-order valence-corrected chi connectivity index (χ2v) is 10.4. The second-order valence-electron chi connectivity index (χ2n) is 7.16. The smallest absolute Gasteiger partial charge is 0.225 e. The number of thioether (sulfide) groups is 1. The first-order valence-corrected chi connectivity index (χ1v) is 12.2. The number of aromatic nitrogens is 2. The van der Waals surface area contributed by atoms with Crippen LogP contribution >= 0.6 is 11.8 Å². The maximum atomic E-state index is 12.6. The van der Waals surface area contributed by atoms with Crippen LogP contribution in [0.25, 0.3) is 0 Å². The maximum Gasteiger partial charge on any atom is 0.225 e. The van der Waals surface area contributed by atoms with Gasteiger partial charge in [0, 0.05) is 23.5 Å². The summed E-state index contributed by atoms with van der Waals surface area (Å²) in [6, 6.07) is 7.47. The van der Waals surface area contributed by atoms with E-state index in [9.17, 15) is 13.2 Å². The number of nitrogens with one attached hydrogen (secondary N) is 1. The predicted molar refractivity (Wildman–Crippen MR) is 109 cm³/mol. The number of methoxy groups -OCH3 is 1. The average Bonchev–Trinajstić information content (AvgIpc) is 3.36. The highest BCUT2D eigenvalue weighted by molar-refractivity contribution is 7.98. The summed E-state index contributed by atoms with van der Waals surface area (Å²) in [7, 11) is -1.40. The molecule has 4 rings (SSSR count). The third-order valence-electron chi connectivity index (χ3n) is 5.19. The van der Waals surface area contributed by atoms with E-state index in [1.807, 2.05) is 24.3 Å². The first-order valence-electron chi connectivity index (χ1n) is 9.26. The molecule has 0 radical (unpaired) electrons. The van der Waals surface area contributed by atoms with E-state index in [0.717, 1.165) is 34.1 Å². The minimum absolute atomic E-state index is 0.0856. The van der Waals surface area contributed by atoms with Crippen molar-refractivity contribution in [2.24, 2.45) is 0 Å². The molecule has 0 bridgehead atoms. The molecule has 1 fully saturated rings. The summed E-state index contributed by atoms with van der Waals surface area (Å²) < 4.78 is 30.7. The number of hydrogen-bond acceptors (Lipinski definition) is 6. The Bertz CT molecular complexity index is 983. The van der Waals surface area contributed by atoms with Crippen LogP contribution in [0.4, 0.5) is 5.82 Å². The number of anilines is 1. The van der Waals surface area contributed by atoms with E-state index in [1.165, 1.54) is 0 Å². The minimum atomic E-state index is -3.02. The fourth-order valence-electron chi connectivity index (χ4n) is 3.64. The molecule has 2 aliphatic heterocycles. The Morgan fingerprint density at radius 3 is 2.79 bits per heavy atom. The highest BCUT2D eigenvalue weighted by Crippen LogP contribution is 2.38. The Kier molecular flexibility index (Phi) is 5.37. The van der Waals surface area contributed by atoms with Gasteiger partial charge in [-0.25, -0.2) is 13.1 Å². The number of amides is 1. The number of ether oxygens (including phenoxy) is 1. The quantitative estimate of drug-likeness (QED) is 0.771. The fourth-order valence-corrected chi connectivity index (χ4v) is 6.37. The van der Waals surface area contributed by atoms with Crippen LogP contribution in [0.3, 0.4) is 0 Å². The van der Waals surface area contributed by atoms with Crippen molar-refractivity contribution in [3.05, 3.63) is 41.1 Å². The van der Waals surface area contributed by atoms with E-state index in [-0.39, 0.29) is 23.5 Å². The number of fused-ring (bicyclic) bond motifs is 1. The standard InChI is InChI=1S/C19H23N3O4S2/c1-26-15-5-2-13(3-6-15)4-7-18(23)20-19-16-10-27-11-17(16)21-22(19)14-8-9-28(24,25)12-14/h2-3,5-6,14H,4,7-12H2,1H3,(H,20,23). The van der Waals surface area contributed by atoms with Gasteiger partial charge in [-0.1, -0.05) is 12.1 Å². The van der Waals surface area contributed by atoms with Gasteiger partial charge in [0.05, 0.1) is 30.4 Å². The summed E-state index contributed by atoms with van der Waals surface area (Å²) in [5, 5.41) is 7.65. The van der Waals surface area contributed by atoms with Crippen molar-refractivity contribution in [1.29, 1.82) is 0 Å². The number of aryl methyl sites for hydroxylation is 1. The van der Waals surface area contributed by atoms with Gasteiger partial charge in [0.15, 0.2) is 9.84 Å². The molecule has 1 N–H and O–H groups in total. The summed E-state index contributed by atoms with van der Waals surface area (Å²) in [5.74, 6) is 3.26. The van der Waals surface area contributed by atoms with Crippen LogP contribution in [0.2, 0.25) is 0 Å². The number of rotatable bonds is 6. The third kappa shape index (κ3) is 4.05. The van der Waals surface area contributed by atoms with Crippen LogP contribution in [0.1, 0.15) is 35.7 Å². The first-order chi connectivity index (χ1) is 13.4. The number of hydrogen-bond donors (Lipinski definition) is 1. The number of sulfone groups is 1. The van der Waals surface area contributed by atoms with Crippen LogP contribution < -0.4 is 10.1 Å². The molecule has 2 aliphatic rings. The number of benzene rings is 1. The monoisotopic (exact) mass is 421 g/mol. The molecule has 7 nitrogen and oxygen atoms in total. The Balaban J connectivity index is 1.46. The lowest BCUT2D eigenvalue weighted by atomic mass is 10.1. The van der Waals surface area contributed by atoms with Crippen molar-refractivity contribution in [3.63, 3.8) is 0 Å². The summed E-state index contributed by atoms with van der Waals surface area (Å²) in [4.78, 5) is 12.6. The normalized spacial score (nSPS) is 20.1. The zero-order valence-electron chi connectivity index (χ0n) is 15.7. The zero-order valence-corrected chi connectivity index (χ0v) is 17.3. The Labute approximate surface area is 168 Å². The summed E-state index contributed by atoms with van der Waals surface area (Å²) in [6.45, 7) is 0. The number of nitrogens with zero attached hydrogens (tertiary/aromatic N) is 2. The van der Waals surface area contributed by atoms with Crippen LogP contribution in [0, 0.1) is 0 Å². The maximum absolute atomic E-state index is 12.6. The highest BCUT2D eigenvalue weighted by Gasteiger charge is 2.34. The Morgan fingerprint density at radius 2 is 2.11 bits per heavy atom. The molecule has 9 heteroatoms. The van der Waals surface area contributed by atoms with Crippen molar-refractivity contribution in [2.75, 3.05) is 23.9 Å². The van der Waals surface area contributed by atoms with Gasteiger partial charge >= 0.3 is 0 Å². The molecule has 1 aromatic carbocycles. The SMILES string of the molecule is COc1ccc(CCC(=O)Nc2c3c(nn2C2CCS(=O)(=O)C2)CSC3)cc1. The molecule has 0 spiro atoms. The van der Waals surface area contributed by atoms with Gasteiger partial charge in [-0.05, 0) is 30.5 Å². The van der Waals surface area contributed by atoms with Gasteiger partial charge < -0.3 is 10.1 Å². The van der Waals surface area contributed by atoms with E-state index in [4.69, 9.17) is 4.74 Å². The minimum Gasteiger partial charge on any atom is -0.497 e. The average molecular weight is 422 g/mol. The van der Waals surface area contributed by atoms with E-state index < -0.39 is 9.84 Å². The van der Waals surface area contributed by atoms with Crippen LogP contribution in [0.15, 0.2) is 24.3 Å². The van der Waals surface area contributed by atoms with Gasteiger partial charge in [0.25, 0.3) is 0 Å². The summed E-state index contributed by atoms with van der Waals surface area (Å²) >= 11 is 1.76. The van der Waals surface area contributed by atoms with Gasteiger partial charge in [0.1, 0.15) is 11.6 Å². The molecular formula is C19H23N3O4S2. The number of carbonyl (C=O) groups excluding carboxylic acids is 1. The van der Waals surface area contributed by atoms with Crippen molar-refractivity contribution in [1.82, 2.24) is 9.78 Å². The summed E-state index contributed by atoms with van der Waals surface area (Å²) in [6.07, 6.45) is 1.52. The molecule has 1 amide bonds. The molecule has 3 heterocycles. The molecule has 1 atom stereocenters. The molecule has 0 saturated carbocycles. The third-order valence-corrected chi connectivity index (χ3v) is 7.91. The van der Waals surface area contributed by atoms with Crippen molar-refractivity contribution < 1.29 is 17.9 Å². The lowest BCUT2D eigenvalue weighted by Crippen LogP contribution is -2.20. The fraction of sp³-hybridized carbons (Fsp3) is 0.474. The molecule has 1 unspecified atom stereocenters. The molecule has 1 saturated heterocycles. The van der Waals surface area contributed by atoms with Crippen LogP contribution in [0.5, 0.6) is 5.75 Å². The van der Waals surface area contributed by atoms with Crippen molar-refractivity contribution in [2.45, 2.75) is 36.8 Å². The van der Waals surface area contributed by atoms with Crippen molar-refractivity contribution >= 4 is 33.3 Å². The van der Waals surface area contributed by atoms with Gasteiger partial charge in [-0.3, -0.25) is 4.79 Å². The molecule has 150 valence electrons. The second kappa shape index (κ2) is 7.79. The highest BCUT2D eigenvalue weighted by atomic mass is 32.2. The van der Waals surface area contributed by atoms with E-state index >= 15 is 0 Å². The lowest BCUT2D eigenvalue weighted by Gasteiger charge is -2.15. The van der Waals surface area contributed by atoms with Crippen LogP contribution in [-0.2, 0) is 32.6 Å². The van der Waals surface area contributed by atoms with Gasteiger partial charge in [-0.2, -0.15) is 16.9 Å². The molecular weight excluding hydrogens is 398 g/mol. The number of carbonyl (C=O) groups is 1. The van der Waals surface area contributed by atoms with Crippen molar-refractivity contribution in [3.8, 4) is 5.75 Å². The Morgan fingerprint density at radius 1 is 1.32 bits per heavy atom. The van der Waals surface area contributed by atoms with E-state index in [1.54, 1.807) is 23.6 Å². The topological polar surface area (TPSA) is 90.3 Å². The molecule has 2 aromatic rings. The lowest BCUT2D eigenvalue weighted by molar-refractivity contribution is -0.116. The largest absolute Gasteiger partial charge is 0.497 e. The first kappa shape index (κ1) is 19.3. The summed E-state index contributed by atoms with van der Waals surface area (Å²) in [5.41, 5.74) is 3.05. The van der Waals surface area contributed by atoms with Gasteiger partial charge in [0.2, 0.25) is 5.91 Å². The van der Waals surface area contributed by atoms with Gasteiger partial charge in [-0.15, -0.1) is 0 Å². The van der Waals surface area contributed by atoms with Crippen LogP contribution in [-0.4, -0.2) is 42.7 Å². The molecule has 28 heavy (non-hydrogen) atoms. The van der Waals surface area contributed by atoms with E-state index in [2.05, 4.69) is 10.4 Å². The van der Waals surface area contributed by atoms with E-state index in [0.29, 0.717) is 25.1 Å². The molecule has 1 aromatic heterocycles. The predicted octanol–water partition coefficient (Wildman–Crippen LogP) is 2.57. The Hall–Kier alpha value is -2.00. The zero-order chi connectivity index (χ0) is 19.7.